The summed E-state index contributed by atoms with van der Waals surface area (Å²) in [6, 6.07) is 9.31. The van der Waals surface area contributed by atoms with Crippen LogP contribution in [0.5, 0.6) is 0 Å². The van der Waals surface area contributed by atoms with E-state index >= 15 is 0 Å². The predicted octanol–water partition coefficient (Wildman–Crippen LogP) is 0.768. The van der Waals surface area contributed by atoms with E-state index in [4.69, 9.17) is 24.7 Å². The van der Waals surface area contributed by atoms with Gasteiger partial charge in [0.1, 0.15) is 18.3 Å². The van der Waals surface area contributed by atoms with Gasteiger partial charge in [-0.25, -0.2) is 0 Å². The fraction of sp³-hybridized carbons (Fsp3) is 0.625. The minimum Gasteiger partial charge on any atom is -0.395 e. The van der Waals surface area contributed by atoms with Crippen molar-refractivity contribution in [1.82, 2.24) is 0 Å². The summed E-state index contributed by atoms with van der Waals surface area (Å²) in [4.78, 5) is 0. The van der Waals surface area contributed by atoms with E-state index in [1.807, 2.05) is 44.2 Å². The molecule has 2 aliphatic rings. The largest absolute Gasteiger partial charge is 0.395 e. The molecule has 0 spiro atoms. The van der Waals surface area contributed by atoms with Gasteiger partial charge in [-0.3, -0.25) is 0 Å². The number of hydrogen-bond acceptors (Lipinski definition) is 6. The molecular weight excluding hydrogens is 286 g/mol. The number of rotatable bonds is 5. The summed E-state index contributed by atoms with van der Waals surface area (Å²) in [7, 11) is 0. The molecule has 6 nitrogen and oxygen atoms in total. The van der Waals surface area contributed by atoms with Gasteiger partial charge in [0.15, 0.2) is 12.1 Å². The Morgan fingerprint density at radius 1 is 1.23 bits per heavy atom. The maximum absolute atomic E-state index is 9.30. The summed E-state index contributed by atoms with van der Waals surface area (Å²) < 4.78 is 23.5. The molecule has 1 aromatic carbocycles. The predicted molar refractivity (Wildman–Crippen MR) is 78.8 cm³/mol. The Morgan fingerprint density at radius 2 is 1.91 bits per heavy atom. The van der Waals surface area contributed by atoms with Crippen molar-refractivity contribution < 1.29 is 24.1 Å². The lowest BCUT2D eigenvalue weighted by molar-refractivity contribution is -0.239. The third-order valence-electron chi connectivity index (χ3n) is 3.94. The highest BCUT2D eigenvalue weighted by Crippen LogP contribution is 2.40. The monoisotopic (exact) mass is 309 g/mol. The standard InChI is InChI=1S/C16H23NO5/c1-16(2)21-13-12(11(17)8-18)20-15(14(13)22-16)19-9-10-6-4-3-5-7-10/h3-7,11-15,18H,8-9,17H2,1-2H3/t11-,12-,13-,14-,15+/m1/s1. The van der Waals surface area contributed by atoms with Crippen molar-refractivity contribution in [1.29, 1.82) is 0 Å². The summed E-state index contributed by atoms with van der Waals surface area (Å²) in [5.41, 5.74) is 6.98. The number of aliphatic hydroxyl groups excluding tert-OH is 1. The number of nitrogens with two attached hydrogens (primary N) is 1. The first-order valence-electron chi connectivity index (χ1n) is 7.53. The maximum Gasteiger partial charge on any atom is 0.187 e. The van der Waals surface area contributed by atoms with Gasteiger partial charge in [-0.05, 0) is 19.4 Å². The summed E-state index contributed by atoms with van der Waals surface area (Å²) in [5, 5.41) is 9.30. The van der Waals surface area contributed by atoms with E-state index in [0.717, 1.165) is 5.56 Å². The molecule has 122 valence electrons. The van der Waals surface area contributed by atoms with E-state index in [1.165, 1.54) is 0 Å². The average molecular weight is 309 g/mol. The fourth-order valence-electron chi connectivity index (χ4n) is 2.93. The first-order valence-corrected chi connectivity index (χ1v) is 7.53. The van der Waals surface area contributed by atoms with Gasteiger partial charge in [-0.15, -0.1) is 0 Å². The molecule has 1 aromatic rings. The maximum atomic E-state index is 9.30. The fourth-order valence-corrected chi connectivity index (χ4v) is 2.93. The molecule has 2 heterocycles. The third-order valence-corrected chi connectivity index (χ3v) is 3.94. The molecule has 2 aliphatic heterocycles. The molecule has 3 rings (SSSR count). The van der Waals surface area contributed by atoms with Gasteiger partial charge < -0.3 is 29.8 Å². The number of fused-ring (bicyclic) bond motifs is 1. The highest BCUT2D eigenvalue weighted by molar-refractivity contribution is 5.13. The lowest BCUT2D eigenvalue weighted by Gasteiger charge is -2.26. The van der Waals surface area contributed by atoms with Crippen LogP contribution in [0, 0.1) is 0 Å². The topological polar surface area (TPSA) is 83.2 Å². The van der Waals surface area contributed by atoms with Crippen LogP contribution in [0.1, 0.15) is 19.4 Å². The second kappa shape index (κ2) is 6.23. The second-order valence-electron chi connectivity index (χ2n) is 6.18. The Bertz CT molecular complexity index is 495. The zero-order valence-electron chi connectivity index (χ0n) is 12.8. The van der Waals surface area contributed by atoms with E-state index in [9.17, 15) is 5.11 Å². The van der Waals surface area contributed by atoms with E-state index < -0.39 is 24.2 Å². The van der Waals surface area contributed by atoms with E-state index in [-0.39, 0.29) is 18.8 Å². The van der Waals surface area contributed by atoms with Gasteiger partial charge in [0.2, 0.25) is 0 Å². The van der Waals surface area contributed by atoms with Crippen LogP contribution in [0.4, 0.5) is 0 Å². The lowest BCUT2D eigenvalue weighted by atomic mass is 10.1. The molecule has 6 heteroatoms. The van der Waals surface area contributed by atoms with Gasteiger partial charge in [0.05, 0.1) is 19.3 Å². The van der Waals surface area contributed by atoms with Crippen molar-refractivity contribution >= 4 is 0 Å². The number of benzene rings is 1. The van der Waals surface area contributed by atoms with Crippen LogP contribution >= 0.6 is 0 Å². The Labute approximate surface area is 130 Å². The summed E-state index contributed by atoms with van der Waals surface area (Å²) in [6.45, 7) is 3.94. The Hall–Kier alpha value is -1.02. The van der Waals surface area contributed by atoms with Crippen molar-refractivity contribution in [2.24, 2.45) is 5.73 Å². The first-order chi connectivity index (χ1) is 10.5. The van der Waals surface area contributed by atoms with Crippen LogP contribution in [-0.4, -0.2) is 48.1 Å². The number of ether oxygens (including phenoxy) is 4. The van der Waals surface area contributed by atoms with Gasteiger partial charge in [-0.1, -0.05) is 30.3 Å². The molecule has 3 N–H and O–H groups in total. The van der Waals surface area contributed by atoms with Crippen LogP contribution in [0.2, 0.25) is 0 Å². The zero-order chi connectivity index (χ0) is 15.7. The SMILES string of the molecule is CC1(C)O[C@H]2[C@@H](O1)[C@@H](OCc1ccccc1)O[C@@H]2[C@H](N)CO. The van der Waals surface area contributed by atoms with Crippen molar-refractivity contribution in [2.45, 2.75) is 56.9 Å². The molecular formula is C16H23NO5. The highest BCUT2D eigenvalue weighted by Gasteiger charge is 2.57. The van der Waals surface area contributed by atoms with E-state index in [1.54, 1.807) is 0 Å². The van der Waals surface area contributed by atoms with E-state index in [0.29, 0.717) is 6.61 Å². The van der Waals surface area contributed by atoms with Crippen LogP contribution in [-0.2, 0) is 25.6 Å². The van der Waals surface area contributed by atoms with Crippen molar-refractivity contribution in [3.63, 3.8) is 0 Å². The minimum absolute atomic E-state index is 0.177. The average Bonchev–Trinajstić information content (AvgIpc) is 2.99. The van der Waals surface area contributed by atoms with Crippen LogP contribution < -0.4 is 5.73 Å². The molecule has 22 heavy (non-hydrogen) atoms. The molecule has 2 fully saturated rings. The molecule has 0 aromatic heterocycles. The summed E-state index contributed by atoms with van der Waals surface area (Å²) in [5.74, 6) is -0.707. The molecule has 0 amide bonds. The minimum atomic E-state index is -0.707. The number of aliphatic hydroxyl groups is 1. The quantitative estimate of drug-likeness (QED) is 0.836. The van der Waals surface area contributed by atoms with E-state index in [2.05, 4.69) is 0 Å². The first kappa shape index (κ1) is 15.9. The van der Waals surface area contributed by atoms with Crippen LogP contribution in [0.15, 0.2) is 30.3 Å². The van der Waals surface area contributed by atoms with Crippen LogP contribution in [0.3, 0.4) is 0 Å². The Kier molecular flexibility index (Phi) is 4.49. The molecule has 0 unspecified atom stereocenters. The summed E-state index contributed by atoms with van der Waals surface area (Å²) >= 11 is 0. The van der Waals surface area contributed by atoms with Gasteiger partial charge in [-0.2, -0.15) is 0 Å². The Balaban J connectivity index is 1.69. The van der Waals surface area contributed by atoms with Gasteiger partial charge in [0.25, 0.3) is 0 Å². The lowest BCUT2D eigenvalue weighted by Crippen LogP contribution is -2.45. The molecule has 0 saturated carbocycles. The van der Waals surface area contributed by atoms with Gasteiger partial charge in [0, 0.05) is 0 Å². The van der Waals surface area contributed by atoms with Crippen molar-refractivity contribution in [2.75, 3.05) is 6.61 Å². The Morgan fingerprint density at radius 3 is 2.59 bits per heavy atom. The van der Waals surface area contributed by atoms with Crippen molar-refractivity contribution in [3.05, 3.63) is 35.9 Å². The second-order valence-corrected chi connectivity index (χ2v) is 6.18. The molecule has 0 bridgehead atoms. The smallest absolute Gasteiger partial charge is 0.187 e. The molecule has 0 aliphatic carbocycles. The third kappa shape index (κ3) is 3.17. The van der Waals surface area contributed by atoms with Crippen molar-refractivity contribution in [3.8, 4) is 0 Å². The normalized spacial score (nSPS) is 34.5. The van der Waals surface area contributed by atoms with Crippen LogP contribution in [0.25, 0.3) is 0 Å². The zero-order valence-corrected chi connectivity index (χ0v) is 12.8. The summed E-state index contributed by atoms with van der Waals surface area (Å²) in [6.07, 6.45) is -1.69. The molecule has 5 atom stereocenters. The highest BCUT2D eigenvalue weighted by atomic mass is 16.8. The van der Waals surface area contributed by atoms with Gasteiger partial charge >= 0.3 is 0 Å². The number of hydrogen-bond donors (Lipinski definition) is 2. The molecule has 0 radical (unpaired) electrons. The molecule has 2 saturated heterocycles.